The van der Waals surface area contributed by atoms with Gasteiger partial charge in [-0.15, -0.1) is 0 Å². The molecule has 2 N–H and O–H groups in total. The molecule has 1 heterocycles. The highest BCUT2D eigenvalue weighted by molar-refractivity contribution is 5.04. The van der Waals surface area contributed by atoms with Gasteiger partial charge in [-0.05, 0) is 40.9 Å². The van der Waals surface area contributed by atoms with E-state index in [9.17, 15) is 0 Å². The van der Waals surface area contributed by atoms with Crippen LogP contribution in [0.2, 0.25) is 0 Å². The standard InChI is InChI=1S/C11H22N4/c1-9(5-6-14(3)4)15-8-13-7-11(15)10(2)12/h7-10H,5-6,12H2,1-4H3/t9?,10-/m1/s1. The fraction of sp³-hybridized carbons (Fsp3) is 0.727. The Morgan fingerprint density at radius 2 is 2.13 bits per heavy atom. The fourth-order valence-corrected chi connectivity index (χ4v) is 1.62. The molecule has 1 unspecified atom stereocenters. The fourth-order valence-electron chi connectivity index (χ4n) is 1.62. The first-order chi connectivity index (χ1) is 7.02. The number of nitrogens with zero attached hydrogens (tertiary/aromatic N) is 3. The second kappa shape index (κ2) is 5.28. The van der Waals surface area contributed by atoms with Gasteiger partial charge in [-0.2, -0.15) is 0 Å². The van der Waals surface area contributed by atoms with Gasteiger partial charge < -0.3 is 15.2 Å². The van der Waals surface area contributed by atoms with Crippen molar-refractivity contribution in [3.63, 3.8) is 0 Å². The zero-order valence-electron chi connectivity index (χ0n) is 10.1. The number of nitrogens with two attached hydrogens (primary N) is 1. The lowest BCUT2D eigenvalue weighted by atomic mass is 10.2. The highest BCUT2D eigenvalue weighted by atomic mass is 15.1. The summed E-state index contributed by atoms with van der Waals surface area (Å²) in [4.78, 5) is 6.35. The quantitative estimate of drug-likeness (QED) is 0.799. The summed E-state index contributed by atoms with van der Waals surface area (Å²) < 4.78 is 2.17. The van der Waals surface area contributed by atoms with Gasteiger partial charge in [0.2, 0.25) is 0 Å². The molecular formula is C11H22N4. The van der Waals surface area contributed by atoms with Crippen molar-refractivity contribution < 1.29 is 0 Å². The molecular weight excluding hydrogens is 188 g/mol. The third kappa shape index (κ3) is 3.32. The molecule has 4 heteroatoms. The third-order valence-electron chi connectivity index (χ3n) is 2.63. The largest absolute Gasteiger partial charge is 0.330 e. The van der Waals surface area contributed by atoms with Gasteiger partial charge in [0, 0.05) is 18.3 Å². The van der Waals surface area contributed by atoms with Crippen molar-refractivity contribution in [2.24, 2.45) is 5.73 Å². The van der Waals surface area contributed by atoms with E-state index < -0.39 is 0 Å². The minimum absolute atomic E-state index is 0.0503. The molecule has 1 rings (SSSR count). The lowest BCUT2D eigenvalue weighted by Gasteiger charge is -2.20. The summed E-state index contributed by atoms with van der Waals surface area (Å²) in [5.41, 5.74) is 6.99. The summed E-state index contributed by atoms with van der Waals surface area (Å²) in [6.45, 7) is 5.28. The summed E-state index contributed by atoms with van der Waals surface area (Å²) in [5, 5.41) is 0. The van der Waals surface area contributed by atoms with Gasteiger partial charge >= 0.3 is 0 Å². The molecule has 0 saturated heterocycles. The highest BCUT2D eigenvalue weighted by Gasteiger charge is 2.12. The van der Waals surface area contributed by atoms with E-state index in [1.807, 2.05) is 19.4 Å². The number of aromatic nitrogens is 2. The minimum Gasteiger partial charge on any atom is -0.330 e. The van der Waals surface area contributed by atoms with Gasteiger partial charge in [-0.3, -0.25) is 0 Å². The van der Waals surface area contributed by atoms with Crippen molar-refractivity contribution in [3.05, 3.63) is 18.2 Å². The van der Waals surface area contributed by atoms with Gasteiger partial charge in [-0.1, -0.05) is 0 Å². The van der Waals surface area contributed by atoms with Gasteiger partial charge in [-0.25, -0.2) is 4.98 Å². The molecule has 4 nitrogen and oxygen atoms in total. The number of hydrogen-bond acceptors (Lipinski definition) is 3. The van der Waals surface area contributed by atoms with Crippen molar-refractivity contribution in [2.75, 3.05) is 20.6 Å². The van der Waals surface area contributed by atoms with Crippen LogP contribution in [0.3, 0.4) is 0 Å². The smallest absolute Gasteiger partial charge is 0.0951 e. The van der Waals surface area contributed by atoms with Crippen molar-refractivity contribution in [1.82, 2.24) is 14.5 Å². The molecule has 0 fully saturated rings. The molecule has 1 aromatic rings. The monoisotopic (exact) mass is 210 g/mol. The summed E-state index contributed by atoms with van der Waals surface area (Å²) in [6, 6.07) is 0.505. The SMILES string of the molecule is CC(CCN(C)C)n1cncc1[C@@H](C)N. The molecule has 0 aliphatic carbocycles. The van der Waals surface area contributed by atoms with Crippen LogP contribution < -0.4 is 5.73 Å². The first-order valence-electron chi connectivity index (χ1n) is 5.44. The number of rotatable bonds is 5. The van der Waals surface area contributed by atoms with Crippen molar-refractivity contribution in [1.29, 1.82) is 0 Å². The molecule has 0 aromatic carbocycles. The molecule has 0 spiro atoms. The van der Waals surface area contributed by atoms with Crippen LogP contribution in [0.25, 0.3) is 0 Å². The van der Waals surface area contributed by atoms with E-state index in [0.29, 0.717) is 6.04 Å². The maximum Gasteiger partial charge on any atom is 0.0951 e. The van der Waals surface area contributed by atoms with Gasteiger partial charge in [0.05, 0.1) is 12.0 Å². The van der Waals surface area contributed by atoms with Crippen LogP contribution in [-0.2, 0) is 0 Å². The summed E-state index contributed by atoms with van der Waals surface area (Å²) in [7, 11) is 4.18. The highest BCUT2D eigenvalue weighted by Crippen LogP contribution is 2.17. The van der Waals surface area contributed by atoms with E-state index >= 15 is 0 Å². The average molecular weight is 210 g/mol. The van der Waals surface area contributed by atoms with Crippen molar-refractivity contribution in [3.8, 4) is 0 Å². The van der Waals surface area contributed by atoms with Crippen LogP contribution in [0, 0.1) is 0 Å². The van der Waals surface area contributed by atoms with Gasteiger partial charge in [0.25, 0.3) is 0 Å². The summed E-state index contributed by atoms with van der Waals surface area (Å²) >= 11 is 0. The predicted molar refractivity (Wildman–Crippen MR) is 62.7 cm³/mol. The lowest BCUT2D eigenvalue weighted by molar-refractivity contribution is 0.353. The second-order valence-corrected chi connectivity index (χ2v) is 4.46. The Bertz CT molecular complexity index is 291. The van der Waals surface area contributed by atoms with E-state index in [1.54, 1.807) is 0 Å². The normalized spacial score (nSPS) is 15.6. The Morgan fingerprint density at radius 3 is 2.67 bits per heavy atom. The van der Waals surface area contributed by atoms with Gasteiger partial charge in [0.1, 0.15) is 0 Å². The Morgan fingerprint density at radius 1 is 1.47 bits per heavy atom. The molecule has 0 amide bonds. The molecule has 0 aliphatic rings. The molecule has 86 valence electrons. The van der Waals surface area contributed by atoms with E-state index in [-0.39, 0.29) is 6.04 Å². The maximum absolute atomic E-state index is 5.88. The minimum atomic E-state index is 0.0503. The Labute approximate surface area is 92.1 Å². The van der Waals surface area contributed by atoms with E-state index in [2.05, 4.69) is 35.5 Å². The first kappa shape index (κ1) is 12.2. The molecule has 15 heavy (non-hydrogen) atoms. The second-order valence-electron chi connectivity index (χ2n) is 4.46. The molecule has 2 atom stereocenters. The van der Waals surface area contributed by atoms with Crippen LogP contribution in [0.5, 0.6) is 0 Å². The van der Waals surface area contributed by atoms with Crippen LogP contribution >= 0.6 is 0 Å². The predicted octanol–water partition coefficient (Wildman–Crippen LogP) is 1.42. The number of hydrogen-bond donors (Lipinski definition) is 1. The van der Waals surface area contributed by atoms with Crippen LogP contribution in [0.1, 0.15) is 38.0 Å². The third-order valence-corrected chi connectivity index (χ3v) is 2.63. The Hall–Kier alpha value is -0.870. The van der Waals surface area contributed by atoms with E-state index in [1.165, 1.54) is 0 Å². The van der Waals surface area contributed by atoms with Crippen LogP contribution in [0.4, 0.5) is 0 Å². The lowest BCUT2D eigenvalue weighted by Crippen LogP contribution is -2.20. The summed E-state index contributed by atoms with van der Waals surface area (Å²) in [6.07, 6.45) is 4.85. The van der Waals surface area contributed by atoms with E-state index in [4.69, 9.17) is 5.73 Å². The zero-order chi connectivity index (χ0) is 11.4. The van der Waals surface area contributed by atoms with Crippen molar-refractivity contribution in [2.45, 2.75) is 32.4 Å². The van der Waals surface area contributed by atoms with Gasteiger partial charge in [0.15, 0.2) is 0 Å². The summed E-state index contributed by atoms with van der Waals surface area (Å²) in [5.74, 6) is 0. The molecule has 1 aromatic heterocycles. The average Bonchev–Trinajstić information content (AvgIpc) is 2.62. The number of imidazole rings is 1. The Kier molecular flexibility index (Phi) is 4.29. The van der Waals surface area contributed by atoms with Crippen LogP contribution in [-0.4, -0.2) is 35.1 Å². The van der Waals surface area contributed by atoms with Crippen molar-refractivity contribution >= 4 is 0 Å². The molecule has 0 aliphatic heterocycles. The topological polar surface area (TPSA) is 47.1 Å². The zero-order valence-corrected chi connectivity index (χ0v) is 10.1. The molecule has 0 radical (unpaired) electrons. The molecule has 0 bridgehead atoms. The van der Waals surface area contributed by atoms with E-state index in [0.717, 1.165) is 18.7 Å². The first-order valence-corrected chi connectivity index (χ1v) is 5.44. The van der Waals surface area contributed by atoms with Crippen LogP contribution in [0.15, 0.2) is 12.5 Å². The maximum atomic E-state index is 5.88. The molecule has 0 saturated carbocycles. The Balaban J connectivity index is 2.64.